The van der Waals surface area contributed by atoms with Gasteiger partial charge in [-0.2, -0.15) is 0 Å². The Balaban J connectivity index is 2.26. The Hall–Kier alpha value is -1.59. The number of carbonyl (C=O) groups is 1. The second kappa shape index (κ2) is 5.59. The summed E-state index contributed by atoms with van der Waals surface area (Å²) in [5, 5.41) is 2.93. The number of rotatable bonds is 2. The average molecular weight is 341 g/mol. The van der Waals surface area contributed by atoms with Crippen molar-refractivity contribution in [1.82, 2.24) is 4.98 Å². The molecular formula is C13H11BrClN3O. The number of nitrogens with zero attached hydrogens (tertiary/aromatic N) is 1. The number of nitrogens with one attached hydrogen (secondary N) is 1. The summed E-state index contributed by atoms with van der Waals surface area (Å²) >= 11 is 9.35. The second-order valence-corrected chi connectivity index (χ2v) is 5.21. The SMILES string of the molecule is Cc1cc(NC(=O)c2cccc(N)c2Cl)ncc1Br. The zero-order valence-corrected chi connectivity index (χ0v) is 12.4. The van der Waals surface area contributed by atoms with Crippen molar-refractivity contribution < 1.29 is 4.79 Å². The molecular weight excluding hydrogens is 330 g/mol. The first-order chi connectivity index (χ1) is 8.99. The minimum absolute atomic E-state index is 0.244. The quantitative estimate of drug-likeness (QED) is 0.820. The number of hydrogen-bond donors (Lipinski definition) is 2. The van der Waals surface area contributed by atoms with Crippen molar-refractivity contribution in [3.63, 3.8) is 0 Å². The van der Waals surface area contributed by atoms with Gasteiger partial charge in [-0.15, -0.1) is 0 Å². The molecule has 1 aromatic heterocycles. The molecule has 0 bridgehead atoms. The predicted octanol–water partition coefficient (Wildman–Crippen LogP) is 3.64. The number of nitrogens with two attached hydrogens (primary N) is 1. The summed E-state index contributed by atoms with van der Waals surface area (Å²) in [6.45, 7) is 1.91. The highest BCUT2D eigenvalue weighted by atomic mass is 79.9. The summed E-state index contributed by atoms with van der Waals surface area (Å²) in [5.74, 6) is 0.121. The molecule has 2 rings (SSSR count). The van der Waals surface area contributed by atoms with Crippen LogP contribution in [-0.4, -0.2) is 10.9 Å². The number of anilines is 2. The standard InChI is InChI=1S/C13H11BrClN3O/c1-7-5-11(17-6-9(7)14)18-13(19)8-3-2-4-10(16)12(8)15/h2-6H,16H2,1H3,(H,17,18,19). The van der Waals surface area contributed by atoms with E-state index in [1.165, 1.54) is 0 Å². The van der Waals surface area contributed by atoms with E-state index in [-0.39, 0.29) is 10.9 Å². The first-order valence-corrected chi connectivity index (χ1v) is 6.63. The number of halogens is 2. The lowest BCUT2D eigenvalue weighted by molar-refractivity contribution is 0.102. The normalized spacial score (nSPS) is 10.3. The third-order valence-electron chi connectivity index (χ3n) is 2.56. The number of aromatic nitrogens is 1. The highest BCUT2D eigenvalue weighted by Crippen LogP contribution is 2.24. The van der Waals surface area contributed by atoms with Gasteiger partial charge in [0.1, 0.15) is 5.82 Å². The van der Waals surface area contributed by atoms with Gasteiger partial charge in [0.2, 0.25) is 0 Å². The van der Waals surface area contributed by atoms with Crippen LogP contribution in [0, 0.1) is 6.92 Å². The Kier molecular flexibility index (Phi) is 4.07. The number of benzene rings is 1. The van der Waals surface area contributed by atoms with Gasteiger partial charge < -0.3 is 11.1 Å². The number of carbonyl (C=O) groups excluding carboxylic acids is 1. The molecule has 0 fully saturated rings. The fourth-order valence-electron chi connectivity index (χ4n) is 1.52. The van der Waals surface area contributed by atoms with Crippen molar-refractivity contribution in [2.24, 2.45) is 0 Å². The second-order valence-electron chi connectivity index (χ2n) is 3.98. The largest absolute Gasteiger partial charge is 0.398 e. The van der Waals surface area contributed by atoms with Crippen molar-refractivity contribution in [3.8, 4) is 0 Å². The van der Waals surface area contributed by atoms with Gasteiger partial charge in [-0.05, 0) is 46.6 Å². The Morgan fingerprint density at radius 1 is 1.47 bits per heavy atom. The minimum atomic E-state index is -0.341. The summed E-state index contributed by atoms with van der Waals surface area (Å²) in [6.07, 6.45) is 1.63. The van der Waals surface area contributed by atoms with E-state index in [1.807, 2.05) is 6.92 Å². The molecule has 0 aliphatic carbocycles. The average Bonchev–Trinajstić information content (AvgIpc) is 2.37. The highest BCUT2D eigenvalue weighted by Gasteiger charge is 2.13. The Morgan fingerprint density at radius 3 is 2.89 bits per heavy atom. The molecule has 6 heteroatoms. The third kappa shape index (κ3) is 3.05. The van der Waals surface area contributed by atoms with Crippen LogP contribution in [-0.2, 0) is 0 Å². The van der Waals surface area contributed by atoms with Crippen LogP contribution >= 0.6 is 27.5 Å². The summed E-state index contributed by atoms with van der Waals surface area (Å²) in [7, 11) is 0. The number of pyridine rings is 1. The highest BCUT2D eigenvalue weighted by molar-refractivity contribution is 9.10. The van der Waals surface area contributed by atoms with E-state index >= 15 is 0 Å². The molecule has 0 radical (unpaired) electrons. The van der Waals surface area contributed by atoms with Crippen LogP contribution in [0.25, 0.3) is 0 Å². The zero-order valence-electron chi connectivity index (χ0n) is 10.1. The molecule has 98 valence electrons. The van der Waals surface area contributed by atoms with Gasteiger partial charge in [-0.3, -0.25) is 4.79 Å². The molecule has 0 saturated carbocycles. The van der Waals surface area contributed by atoms with Crippen molar-refractivity contribution >= 4 is 44.9 Å². The number of aryl methyl sites for hydroxylation is 1. The minimum Gasteiger partial charge on any atom is -0.398 e. The first kappa shape index (κ1) is 13.8. The molecule has 1 amide bonds. The van der Waals surface area contributed by atoms with Gasteiger partial charge in [-0.1, -0.05) is 17.7 Å². The lowest BCUT2D eigenvalue weighted by Crippen LogP contribution is -2.14. The van der Waals surface area contributed by atoms with Crippen molar-refractivity contribution in [3.05, 3.63) is 51.1 Å². The molecule has 0 aliphatic heterocycles. The van der Waals surface area contributed by atoms with Crippen LogP contribution in [0.5, 0.6) is 0 Å². The van der Waals surface area contributed by atoms with Gasteiger partial charge in [-0.25, -0.2) is 4.98 Å². The summed E-state index contributed by atoms with van der Waals surface area (Å²) in [5.41, 5.74) is 7.33. The van der Waals surface area contributed by atoms with Crippen molar-refractivity contribution in [2.75, 3.05) is 11.1 Å². The maximum absolute atomic E-state index is 12.1. The molecule has 0 atom stereocenters. The number of nitrogen functional groups attached to an aromatic ring is 1. The molecule has 1 heterocycles. The maximum atomic E-state index is 12.1. The molecule has 0 aliphatic rings. The fraction of sp³-hybridized carbons (Fsp3) is 0.0769. The molecule has 4 nitrogen and oxygen atoms in total. The predicted molar refractivity (Wildman–Crippen MR) is 80.5 cm³/mol. The number of amides is 1. The zero-order chi connectivity index (χ0) is 14.0. The van der Waals surface area contributed by atoms with E-state index in [9.17, 15) is 4.79 Å². The van der Waals surface area contributed by atoms with Crippen LogP contribution < -0.4 is 11.1 Å². The number of hydrogen-bond acceptors (Lipinski definition) is 3. The molecule has 2 aromatic rings. The molecule has 1 aromatic carbocycles. The van der Waals surface area contributed by atoms with Gasteiger partial charge in [0.15, 0.2) is 0 Å². The van der Waals surface area contributed by atoms with Crippen LogP contribution in [0.4, 0.5) is 11.5 Å². The summed E-state index contributed by atoms with van der Waals surface area (Å²) in [6, 6.07) is 6.69. The Labute approximate surface area is 124 Å². The monoisotopic (exact) mass is 339 g/mol. The van der Waals surface area contributed by atoms with E-state index in [4.69, 9.17) is 17.3 Å². The van der Waals surface area contributed by atoms with E-state index < -0.39 is 0 Å². The van der Waals surface area contributed by atoms with Gasteiger partial charge >= 0.3 is 0 Å². The van der Waals surface area contributed by atoms with Crippen LogP contribution in [0.2, 0.25) is 5.02 Å². The van der Waals surface area contributed by atoms with Crippen molar-refractivity contribution in [1.29, 1.82) is 0 Å². The van der Waals surface area contributed by atoms with Crippen LogP contribution in [0.3, 0.4) is 0 Å². The van der Waals surface area contributed by atoms with Gasteiger partial charge in [0.05, 0.1) is 16.3 Å². The molecule has 0 saturated heterocycles. The molecule has 3 N–H and O–H groups in total. The van der Waals surface area contributed by atoms with E-state index in [0.29, 0.717) is 17.1 Å². The molecule has 0 spiro atoms. The Bertz CT molecular complexity index is 646. The van der Waals surface area contributed by atoms with Gasteiger partial charge in [0, 0.05) is 10.7 Å². The smallest absolute Gasteiger partial charge is 0.258 e. The maximum Gasteiger partial charge on any atom is 0.258 e. The van der Waals surface area contributed by atoms with Gasteiger partial charge in [0.25, 0.3) is 5.91 Å². The summed E-state index contributed by atoms with van der Waals surface area (Å²) < 4.78 is 0.882. The topological polar surface area (TPSA) is 68.0 Å². The lowest BCUT2D eigenvalue weighted by Gasteiger charge is -2.08. The van der Waals surface area contributed by atoms with Crippen molar-refractivity contribution in [2.45, 2.75) is 6.92 Å². The fourth-order valence-corrected chi connectivity index (χ4v) is 1.95. The first-order valence-electron chi connectivity index (χ1n) is 5.46. The molecule has 0 unspecified atom stereocenters. The molecule has 19 heavy (non-hydrogen) atoms. The van der Waals surface area contributed by atoms with E-state index in [1.54, 1.807) is 30.5 Å². The van der Waals surface area contributed by atoms with Crippen LogP contribution in [0.1, 0.15) is 15.9 Å². The van der Waals surface area contributed by atoms with E-state index in [2.05, 4.69) is 26.2 Å². The Morgan fingerprint density at radius 2 is 2.21 bits per heavy atom. The van der Waals surface area contributed by atoms with E-state index in [0.717, 1.165) is 10.0 Å². The summed E-state index contributed by atoms with van der Waals surface area (Å²) in [4.78, 5) is 16.2. The van der Waals surface area contributed by atoms with Crippen LogP contribution in [0.15, 0.2) is 34.9 Å². The lowest BCUT2D eigenvalue weighted by atomic mass is 10.2. The third-order valence-corrected chi connectivity index (χ3v) is 3.81.